The van der Waals surface area contributed by atoms with Crippen molar-refractivity contribution in [2.75, 3.05) is 13.1 Å². The highest BCUT2D eigenvalue weighted by Gasteiger charge is 2.28. The number of carbonyl (C=O) groups is 1. The van der Waals surface area contributed by atoms with E-state index < -0.39 is 0 Å². The zero-order valence-electron chi connectivity index (χ0n) is 16.7. The molecule has 1 amide bonds. The third kappa shape index (κ3) is 4.40. The Labute approximate surface area is 170 Å². The van der Waals surface area contributed by atoms with Crippen molar-refractivity contribution < 1.29 is 4.79 Å². The number of benzene rings is 2. The highest BCUT2D eigenvalue weighted by molar-refractivity contribution is 5.86. The molecule has 2 heterocycles. The molecule has 1 atom stereocenters. The van der Waals surface area contributed by atoms with Crippen LogP contribution in [0.4, 0.5) is 0 Å². The molecule has 29 heavy (non-hydrogen) atoms. The van der Waals surface area contributed by atoms with E-state index in [1.54, 1.807) is 6.20 Å². The molecule has 1 saturated heterocycles. The number of likely N-dealkylation sites (tertiary alicyclic amines) is 1. The van der Waals surface area contributed by atoms with Gasteiger partial charge in [-0.05, 0) is 60.8 Å². The number of nitrogens with one attached hydrogen (secondary N) is 2. The van der Waals surface area contributed by atoms with Crippen molar-refractivity contribution in [2.45, 2.75) is 32.4 Å². The average Bonchev–Trinajstić information content (AvgIpc) is 2.77. The monoisotopic (exact) mass is 389 g/mol. The molecule has 2 N–H and O–H groups in total. The highest BCUT2D eigenvalue weighted by atomic mass is 16.2. The number of aromatic amines is 1. The molecule has 0 spiro atoms. The van der Waals surface area contributed by atoms with Gasteiger partial charge in [-0.2, -0.15) is 0 Å². The average molecular weight is 389 g/mol. The van der Waals surface area contributed by atoms with Crippen LogP contribution in [0.2, 0.25) is 0 Å². The number of nitrogens with zero attached hydrogens (tertiary/aromatic N) is 1. The molecule has 5 heteroatoms. The molecule has 0 radical (unpaired) electrons. The molecule has 3 aromatic rings. The van der Waals surface area contributed by atoms with Crippen LogP contribution < -0.4 is 10.9 Å². The van der Waals surface area contributed by atoms with Crippen molar-refractivity contribution in [3.8, 4) is 0 Å². The summed E-state index contributed by atoms with van der Waals surface area (Å²) in [5.74, 6) is 0.121. The quantitative estimate of drug-likeness (QED) is 0.701. The zero-order valence-corrected chi connectivity index (χ0v) is 16.7. The number of aromatic nitrogens is 1. The fourth-order valence-electron chi connectivity index (χ4n) is 4.29. The summed E-state index contributed by atoms with van der Waals surface area (Å²) in [6.45, 7) is 4.48. The molecule has 1 aliphatic heterocycles. The molecule has 4 rings (SSSR count). The van der Waals surface area contributed by atoms with E-state index in [4.69, 9.17) is 0 Å². The second-order valence-corrected chi connectivity index (χ2v) is 7.83. The first-order chi connectivity index (χ1) is 14.1. The van der Waals surface area contributed by atoms with Crippen molar-refractivity contribution in [3.63, 3.8) is 0 Å². The molecule has 1 fully saturated rings. The standard InChI is InChI=1S/C24H27N3O2/c1-17(21-8-4-6-19-5-2-3-7-22(19)21)27-13-10-20(11-14-27)24(29)26-16-18-9-12-25-23(28)15-18/h2-9,12,15,17,20H,10-11,13-14,16H2,1H3,(H,25,28)(H,26,29). The fourth-order valence-corrected chi connectivity index (χ4v) is 4.29. The summed E-state index contributed by atoms with van der Waals surface area (Å²) < 4.78 is 0. The van der Waals surface area contributed by atoms with E-state index in [2.05, 4.69) is 64.6 Å². The normalized spacial score (nSPS) is 16.6. The van der Waals surface area contributed by atoms with E-state index in [0.29, 0.717) is 12.6 Å². The van der Waals surface area contributed by atoms with Crippen LogP contribution in [0.5, 0.6) is 0 Å². The van der Waals surface area contributed by atoms with Crippen LogP contribution in [0, 0.1) is 5.92 Å². The number of rotatable bonds is 5. The third-order valence-electron chi connectivity index (χ3n) is 6.03. The minimum atomic E-state index is -0.146. The number of amides is 1. The lowest BCUT2D eigenvalue weighted by atomic mass is 9.92. The molecule has 150 valence electrons. The van der Waals surface area contributed by atoms with Gasteiger partial charge in [-0.1, -0.05) is 42.5 Å². The van der Waals surface area contributed by atoms with Crippen LogP contribution in [0.1, 0.15) is 36.9 Å². The SMILES string of the molecule is CC(c1cccc2ccccc12)N1CCC(C(=O)NCc2cc[nH]c(=O)c2)CC1. The molecule has 1 unspecified atom stereocenters. The largest absolute Gasteiger partial charge is 0.352 e. The van der Waals surface area contributed by atoms with Gasteiger partial charge in [0, 0.05) is 30.8 Å². The van der Waals surface area contributed by atoms with Gasteiger partial charge in [0.1, 0.15) is 0 Å². The Bertz CT molecular complexity index is 1050. The summed E-state index contributed by atoms with van der Waals surface area (Å²) in [6, 6.07) is 18.7. The van der Waals surface area contributed by atoms with Gasteiger partial charge in [0.15, 0.2) is 0 Å². The maximum Gasteiger partial charge on any atom is 0.248 e. The van der Waals surface area contributed by atoms with Crippen molar-refractivity contribution in [1.29, 1.82) is 0 Å². The second-order valence-electron chi connectivity index (χ2n) is 7.83. The minimum absolute atomic E-state index is 0.0352. The van der Waals surface area contributed by atoms with Gasteiger partial charge in [0.2, 0.25) is 11.5 Å². The van der Waals surface area contributed by atoms with E-state index >= 15 is 0 Å². The predicted molar refractivity (Wildman–Crippen MR) is 116 cm³/mol. The smallest absolute Gasteiger partial charge is 0.248 e. The van der Waals surface area contributed by atoms with Gasteiger partial charge in [0.05, 0.1) is 0 Å². The topological polar surface area (TPSA) is 65.2 Å². The summed E-state index contributed by atoms with van der Waals surface area (Å²) in [4.78, 5) is 29.0. The number of piperidine rings is 1. The number of carbonyl (C=O) groups excluding carboxylic acids is 1. The van der Waals surface area contributed by atoms with Gasteiger partial charge in [-0.25, -0.2) is 0 Å². The van der Waals surface area contributed by atoms with Crippen molar-refractivity contribution in [2.24, 2.45) is 5.92 Å². The van der Waals surface area contributed by atoms with Crippen LogP contribution in [0.15, 0.2) is 65.6 Å². The fraction of sp³-hybridized carbons (Fsp3) is 0.333. The Morgan fingerprint density at radius 3 is 2.69 bits per heavy atom. The van der Waals surface area contributed by atoms with Crippen LogP contribution in [-0.4, -0.2) is 28.9 Å². The molecule has 1 aliphatic rings. The molecule has 5 nitrogen and oxygen atoms in total. The van der Waals surface area contributed by atoms with Crippen LogP contribution in [0.25, 0.3) is 10.8 Å². The molecule has 0 saturated carbocycles. The van der Waals surface area contributed by atoms with Gasteiger partial charge >= 0.3 is 0 Å². The molecule has 0 aliphatic carbocycles. The number of H-pyrrole nitrogens is 1. The van der Waals surface area contributed by atoms with Gasteiger partial charge in [-0.15, -0.1) is 0 Å². The first-order valence-electron chi connectivity index (χ1n) is 10.3. The zero-order chi connectivity index (χ0) is 20.2. The molecule has 0 bridgehead atoms. The van der Waals surface area contributed by atoms with Crippen molar-refractivity contribution in [1.82, 2.24) is 15.2 Å². The van der Waals surface area contributed by atoms with Gasteiger partial charge in [0.25, 0.3) is 0 Å². The number of hydrogen-bond acceptors (Lipinski definition) is 3. The van der Waals surface area contributed by atoms with E-state index in [-0.39, 0.29) is 17.4 Å². The summed E-state index contributed by atoms with van der Waals surface area (Å²) >= 11 is 0. The molecular formula is C24H27N3O2. The molecule has 2 aromatic carbocycles. The summed E-state index contributed by atoms with van der Waals surface area (Å²) in [6.07, 6.45) is 3.32. The van der Waals surface area contributed by atoms with Crippen molar-refractivity contribution in [3.05, 3.63) is 82.3 Å². The number of pyridine rings is 1. The maximum atomic E-state index is 12.6. The predicted octanol–water partition coefficient (Wildman–Crippen LogP) is 3.62. The third-order valence-corrected chi connectivity index (χ3v) is 6.03. The first-order valence-corrected chi connectivity index (χ1v) is 10.3. The number of fused-ring (bicyclic) bond motifs is 1. The maximum absolute atomic E-state index is 12.6. The number of hydrogen-bond donors (Lipinski definition) is 2. The first kappa shape index (κ1) is 19.4. The summed E-state index contributed by atoms with van der Waals surface area (Å²) in [7, 11) is 0. The Kier molecular flexibility index (Phi) is 5.76. The molecular weight excluding hydrogens is 362 g/mol. The second kappa shape index (κ2) is 8.62. The lowest BCUT2D eigenvalue weighted by Gasteiger charge is -2.36. The Morgan fingerprint density at radius 1 is 1.14 bits per heavy atom. The van der Waals surface area contributed by atoms with E-state index in [1.807, 2.05) is 6.07 Å². The minimum Gasteiger partial charge on any atom is -0.352 e. The van der Waals surface area contributed by atoms with E-state index in [1.165, 1.54) is 22.4 Å². The Morgan fingerprint density at radius 2 is 1.90 bits per heavy atom. The van der Waals surface area contributed by atoms with Crippen LogP contribution >= 0.6 is 0 Å². The van der Waals surface area contributed by atoms with Gasteiger partial charge < -0.3 is 10.3 Å². The van der Waals surface area contributed by atoms with E-state index in [0.717, 1.165) is 31.5 Å². The van der Waals surface area contributed by atoms with Crippen molar-refractivity contribution >= 4 is 16.7 Å². The molecule has 1 aromatic heterocycles. The summed E-state index contributed by atoms with van der Waals surface area (Å²) in [5, 5.41) is 5.56. The van der Waals surface area contributed by atoms with Crippen LogP contribution in [0.3, 0.4) is 0 Å². The summed E-state index contributed by atoms with van der Waals surface area (Å²) in [5.41, 5.74) is 2.02. The Balaban J connectivity index is 1.35. The lowest BCUT2D eigenvalue weighted by molar-refractivity contribution is -0.126. The lowest BCUT2D eigenvalue weighted by Crippen LogP contribution is -2.41. The van der Waals surface area contributed by atoms with E-state index in [9.17, 15) is 9.59 Å². The highest BCUT2D eigenvalue weighted by Crippen LogP contribution is 2.31. The van der Waals surface area contributed by atoms with Gasteiger partial charge in [-0.3, -0.25) is 14.5 Å². The Hall–Kier alpha value is -2.92. The van der Waals surface area contributed by atoms with Crippen LogP contribution in [-0.2, 0) is 11.3 Å².